The van der Waals surface area contributed by atoms with Gasteiger partial charge in [0.1, 0.15) is 17.3 Å². The Kier molecular flexibility index (Phi) is 9.08. The number of imidazole rings is 1. The second kappa shape index (κ2) is 12.7. The minimum Gasteiger partial charge on any atom is -0.394 e. The van der Waals surface area contributed by atoms with Gasteiger partial charge in [0.15, 0.2) is 0 Å². The van der Waals surface area contributed by atoms with Crippen molar-refractivity contribution in [1.29, 1.82) is 0 Å². The van der Waals surface area contributed by atoms with E-state index in [9.17, 15) is 9.18 Å². The average molecular weight is 534 g/mol. The Balaban J connectivity index is 0.000000541. The number of hydrogen-bond donors (Lipinski definition) is 3. The molecule has 4 aromatic heterocycles. The number of amides is 1. The minimum atomic E-state index is -0.354. The summed E-state index contributed by atoms with van der Waals surface area (Å²) in [5.41, 5.74) is 4.86. The van der Waals surface area contributed by atoms with E-state index >= 15 is 0 Å². The van der Waals surface area contributed by atoms with Crippen LogP contribution in [-0.2, 0) is 6.54 Å². The first kappa shape index (κ1) is 28.0. The van der Waals surface area contributed by atoms with E-state index in [1.807, 2.05) is 26.1 Å². The molecule has 0 aliphatic carbocycles. The van der Waals surface area contributed by atoms with Crippen LogP contribution in [0.15, 0.2) is 49.1 Å². The van der Waals surface area contributed by atoms with Gasteiger partial charge in [-0.1, -0.05) is 13.8 Å². The molecule has 0 saturated carbocycles. The van der Waals surface area contributed by atoms with Gasteiger partial charge in [0, 0.05) is 43.6 Å². The van der Waals surface area contributed by atoms with Gasteiger partial charge in [-0.15, -0.1) is 0 Å². The highest BCUT2D eigenvalue weighted by molar-refractivity contribution is 6.05. The SMILES string of the molecule is CC.CC(C)O.O=C1NCc2c(-c3cnc4cc(F)ccn34)ncc(Nc3ccc(N4CCCCC4)cn3)c21. The summed E-state index contributed by atoms with van der Waals surface area (Å²) >= 11 is 0. The van der Waals surface area contributed by atoms with E-state index in [-0.39, 0.29) is 17.8 Å². The number of anilines is 3. The van der Waals surface area contributed by atoms with Gasteiger partial charge in [-0.3, -0.25) is 14.2 Å². The van der Waals surface area contributed by atoms with E-state index in [0.717, 1.165) is 24.3 Å². The molecule has 3 N–H and O–H groups in total. The molecule has 39 heavy (non-hydrogen) atoms. The molecule has 206 valence electrons. The van der Waals surface area contributed by atoms with Crippen molar-refractivity contribution in [3.05, 3.63) is 66.0 Å². The van der Waals surface area contributed by atoms with Crippen LogP contribution in [0.2, 0.25) is 0 Å². The number of carbonyl (C=O) groups excluding carboxylic acids is 1. The Bertz CT molecular complexity index is 1410. The predicted molar refractivity (Wildman–Crippen MR) is 152 cm³/mol. The fourth-order valence-corrected chi connectivity index (χ4v) is 4.62. The van der Waals surface area contributed by atoms with Crippen LogP contribution in [0.1, 0.15) is 62.9 Å². The third-order valence-corrected chi connectivity index (χ3v) is 6.28. The zero-order valence-corrected chi connectivity index (χ0v) is 22.9. The fourth-order valence-electron chi connectivity index (χ4n) is 4.62. The summed E-state index contributed by atoms with van der Waals surface area (Å²) in [6.07, 6.45) is 10.3. The molecule has 1 saturated heterocycles. The van der Waals surface area contributed by atoms with Gasteiger partial charge in [-0.2, -0.15) is 0 Å². The van der Waals surface area contributed by atoms with Crippen molar-refractivity contribution in [2.45, 2.75) is 59.6 Å². The molecule has 6 rings (SSSR count). The van der Waals surface area contributed by atoms with Crippen LogP contribution < -0.4 is 15.5 Å². The summed E-state index contributed by atoms with van der Waals surface area (Å²) in [6.45, 7) is 9.93. The van der Waals surface area contributed by atoms with Crippen LogP contribution >= 0.6 is 0 Å². The van der Waals surface area contributed by atoms with E-state index in [1.54, 1.807) is 36.8 Å². The number of pyridine rings is 3. The number of piperidine rings is 1. The molecule has 0 aromatic carbocycles. The number of nitrogens with one attached hydrogen (secondary N) is 2. The van der Waals surface area contributed by atoms with Crippen LogP contribution in [0.5, 0.6) is 0 Å². The molecule has 1 amide bonds. The van der Waals surface area contributed by atoms with Crippen molar-refractivity contribution >= 4 is 28.7 Å². The normalized spacial score (nSPS) is 14.2. The molecule has 2 aliphatic rings. The minimum absolute atomic E-state index is 0.166. The fraction of sp³-hybridized carbons (Fsp3) is 0.379. The number of hydrogen-bond acceptors (Lipinski definition) is 7. The summed E-state index contributed by atoms with van der Waals surface area (Å²) in [5.74, 6) is 0.131. The third-order valence-electron chi connectivity index (χ3n) is 6.28. The molecule has 2 aliphatic heterocycles. The van der Waals surface area contributed by atoms with Crippen LogP contribution in [0.3, 0.4) is 0 Å². The average Bonchev–Trinajstić information content (AvgIpc) is 3.54. The van der Waals surface area contributed by atoms with E-state index in [2.05, 4.69) is 36.6 Å². The highest BCUT2D eigenvalue weighted by Crippen LogP contribution is 2.33. The van der Waals surface area contributed by atoms with Crippen molar-refractivity contribution in [3.63, 3.8) is 0 Å². The Hall–Kier alpha value is -4.05. The molecule has 10 heteroatoms. The van der Waals surface area contributed by atoms with Crippen LogP contribution in [0.4, 0.5) is 21.6 Å². The van der Waals surface area contributed by atoms with E-state index in [0.29, 0.717) is 40.6 Å². The zero-order valence-electron chi connectivity index (χ0n) is 22.9. The van der Waals surface area contributed by atoms with E-state index in [4.69, 9.17) is 5.11 Å². The molecule has 9 nitrogen and oxygen atoms in total. The predicted octanol–water partition coefficient (Wildman–Crippen LogP) is 5.32. The second-order valence-corrected chi connectivity index (χ2v) is 9.44. The molecule has 4 aromatic rings. The first-order valence-corrected chi connectivity index (χ1v) is 13.5. The molecule has 0 spiro atoms. The Morgan fingerprint density at radius 1 is 1.03 bits per heavy atom. The maximum Gasteiger partial charge on any atom is 0.254 e. The highest BCUT2D eigenvalue weighted by atomic mass is 19.1. The van der Waals surface area contributed by atoms with Crippen LogP contribution in [0, 0.1) is 5.82 Å². The summed E-state index contributed by atoms with van der Waals surface area (Å²) in [6, 6.07) is 6.72. The van der Waals surface area contributed by atoms with Crippen molar-refractivity contribution in [3.8, 4) is 11.4 Å². The summed E-state index contributed by atoms with van der Waals surface area (Å²) in [4.78, 5) is 28.5. The number of aliphatic hydroxyl groups excluding tert-OH is 1. The largest absolute Gasteiger partial charge is 0.394 e. The number of rotatable bonds is 4. The lowest BCUT2D eigenvalue weighted by atomic mass is 10.1. The zero-order chi connectivity index (χ0) is 27.9. The molecule has 0 bridgehead atoms. The molecule has 0 radical (unpaired) electrons. The van der Waals surface area contributed by atoms with Crippen LogP contribution in [-0.4, -0.2) is 49.6 Å². The van der Waals surface area contributed by atoms with Gasteiger partial charge in [-0.05, 0) is 51.3 Å². The second-order valence-electron chi connectivity index (χ2n) is 9.44. The number of carbonyl (C=O) groups is 1. The molecule has 6 heterocycles. The van der Waals surface area contributed by atoms with Gasteiger partial charge in [-0.25, -0.2) is 14.4 Å². The van der Waals surface area contributed by atoms with Crippen molar-refractivity contribution in [1.82, 2.24) is 24.7 Å². The van der Waals surface area contributed by atoms with Gasteiger partial charge >= 0.3 is 0 Å². The Morgan fingerprint density at radius 3 is 2.46 bits per heavy atom. The quantitative estimate of drug-likeness (QED) is 0.326. The number of nitrogens with zero attached hydrogens (tertiary/aromatic N) is 5. The molecular weight excluding hydrogens is 497 g/mol. The molecule has 0 atom stereocenters. The lowest BCUT2D eigenvalue weighted by molar-refractivity contribution is 0.0966. The molecular formula is C29H36FN7O2. The summed E-state index contributed by atoms with van der Waals surface area (Å²) < 4.78 is 15.3. The third kappa shape index (κ3) is 6.34. The van der Waals surface area contributed by atoms with Gasteiger partial charge in [0.05, 0.1) is 46.9 Å². The van der Waals surface area contributed by atoms with Gasteiger partial charge in [0.2, 0.25) is 0 Å². The lowest BCUT2D eigenvalue weighted by Crippen LogP contribution is -2.29. The van der Waals surface area contributed by atoms with Crippen molar-refractivity contribution < 1.29 is 14.3 Å². The topological polar surface area (TPSA) is 108 Å². The first-order valence-electron chi connectivity index (χ1n) is 13.5. The van der Waals surface area contributed by atoms with E-state index in [1.165, 1.54) is 31.4 Å². The number of fused-ring (bicyclic) bond motifs is 2. The Morgan fingerprint density at radius 2 is 1.77 bits per heavy atom. The van der Waals surface area contributed by atoms with Gasteiger partial charge < -0.3 is 20.6 Å². The van der Waals surface area contributed by atoms with Crippen molar-refractivity contribution in [2.24, 2.45) is 0 Å². The number of halogens is 1. The molecule has 1 fully saturated rings. The lowest BCUT2D eigenvalue weighted by Gasteiger charge is -2.28. The van der Waals surface area contributed by atoms with Crippen molar-refractivity contribution in [2.75, 3.05) is 23.3 Å². The van der Waals surface area contributed by atoms with E-state index < -0.39 is 0 Å². The van der Waals surface area contributed by atoms with Gasteiger partial charge in [0.25, 0.3) is 5.91 Å². The smallest absolute Gasteiger partial charge is 0.254 e. The maximum atomic E-state index is 13.6. The van der Waals surface area contributed by atoms with Crippen LogP contribution in [0.25, 0.3) is 17.0 Å². The maximum absolute atomic E-state index is 13.6. The Labute approximate surface area is 228 Å². The highest BCUT2D eigenvalue weighted by Gasteiger charge is 2.28. The monoisotopic (exact) mass is 533 g/mol. The number of aliphatic hydroxyl groups is 1. The number of aromatic nitrogens is 4. The molecule has 0 unspecified atom stereocenters. The summed E-state index contributed by atoms with van der Waals surface area (Å²) in [7, 11) is 0. The standard InChI is InChI=1S/C24H22FN7O.C3H8O.C2H6/c25-15-6-9-32-19(14-27-21(32)10-15)23-17-12-29-24(33)22(17)18(13-28-23)30-20-5-4-16(11-26-20)31-7-2-1-3-8-31;1-3(2)4;1-2/h4-6,9-11,13-14H,1-3,7-8,12H2,(H,26,30)(H,29,33);3-4H,1-2H3;1-2H3. The first-order chi connectivity index (χ1) is 18.9. The summed E-state index contributed by atoms with van der Waals surface area (Å²) in [5, 5.41) is 14.2.